The molecule has 14 heteroatoms. The SMILES string of the molecule is CNCCc1ccncc1.NCCCn1ccnc1.NCCc1ccccn1.NCCc1cccnc1.NCCc1ccncc1.NCCn1ccnc1. The van der Waals surface area contributed by atoms with Gasteiger partial charge in [-0.2, -0.15) is 0 Å². The zero-order valence-corrected chi connectivity index (χ0v) is 31.9. The molecule has 0 amide bonds. The van der Waals surface area contributed by atoms with Crippen molar-refractivity contribution >= 4 is 0 Å². The molecule has 6 rings (SSSR count). The third-order valence-corrected chi connectivity index (χ3v) is 7.00. The summed E-state index contributed by atoms with van der Waals surface area (Å²) in [4.78, 5) is 23.6. The largest absolute Gasteiger partial charge is 0.337 e. The van der Waals surface area contributed by atoms with Gasteiger partial charge in [0.05, 0.1) is 12.7 Å². The molecule has 6 aromatic heterocycles. The first kappa shape index (κ1) is 46.8. The highest BCUT2D eigenvalue weighted by atomic mass is 15.0. The third-order valence-electron chi connectivity index (χ3n) is 7.00. The molecule has 54 heavy (non-hydrogen) atoms. The molecular weight excluding hydrogens is 677 g/mol. The molecule has 0 aliphatic rings. The van der Waals surface area contributed by atoms with Crippen molar-refractivity contribution in [2.45, 2.75) is 45.2 Å². The van der Waals surface area contributed by atoms with Crippen LogP contribution in [0.15, 0.2) is 135 Å². The number of hydrogen-bond acceptors (Lipinski definition) is 12. The summed E-state index contributed by atoms with van der Waals surface area (Å²) < 4.78 is 3.97. The van der Waals surface area contributed by atoms with Gasteiger partial charge in [-0.25, -0.2) is 9.97 Å². The van der Waals surface area contributed by atoms with Crippen LogP contribution in [0, 0.1) is 0 Å². The number of hydrogen-bond donors (Lipinski definition) is 6. The van der Waals surface area contributed by atoms with E-state index in [0.717, 1.165) is 64.0 Å². The maximum Gasteiger partial charge on any atom is 0.0946 e. The van der Waals surface area contributed by atoms with Crippen molar-refractivity contribution in [2.24, 2.45) is 28.7 Å². The predicted molar refractivity (Wildman–Crippen MR) is 220 cm³/mol. The molecule has 11 N–H and O–H groups in total. The molecule has 14 nitrogen and oxygen atoms in total. The van der Waals surface area contributed by atoms with Crippen molar-refractivity contribution in [1.82, 2.24) is 44.4 Å². The molecule has 292 valence electrons. The van der Waals surface area contributed by atoms with Gasteiger partial charge in [0.2, 0.25) is 0 Å². The average molecular weight is 739 g/mol. The molecule has 0 spiro atoms. The van der Waals surface area contributed by atoms with Gasteiger partial charge in [0.25, 0.3) is 0 Å². The fraction of sp³-hybridized carbons (Fsp3) is 0.350. The topological polar surface area (TPSA) is 229 Å². The zero-order chi connectivity index (χ0) is 39.2. The molecule has 0 fully saturated rings. The fourth-order valence-electron chi connectivity index (χ4n) is 4.20. The standard InChI is InChI=1S/C8H12N2.3C7H10N2.C6H11N3.C5H9N3/c1-9-5-2-8-3-6-10-7-4-8;8-4-1-7-2-5-9-6-3-7;8-4-3-7-2-1-5-9-6-7;8-5-4-7-3-1-2-6-9-7;7-2-1-4-9-5-3-8-6-9;6-1-3-8-4-2-7-5-8/h3-4,6-7,9H,2,5H2,1H3;2-3,5-6H,1,4,8H2;1-2,5-6H,3-4,8H2;1-3,6H,4-5,8H2;3,5-6H,1-2,4,7H2;2,4-5H,1,3,6H2. The number of aryl methyl sites for hydroxylation is 1. The Morgan fingerprint density at radius 3 is 1.56 bits per heavy atom. The van der Waals surface area contributed by atoms with Crippen LogP contribution >= 0.6 is 0 Å². The van der Waals surface area contributed by atoms with Crippen LogP contribution in [-0.4, -0.2) is 85.4 Å². The number of imidazole rings is 2. The summed E-state index contributed by atoms with van der Waals surface area (Å²) in [5.74, 6) is 0. The maximum atomic E-state index is 5.34. The molecule has 0 saturated heterocycles. The summed E-state index contributed by atoms with van der Waals surface area (Å²) in [6, 6.07) is 17.8. The summed E-state index contributed by atoms with van der Waals surface area (Å²) in [5, 5.41) is 3.10. The quantitative estimate of drug-likeness (QED) is 0.0948. The molecule has 0 aliphatic heterocycles. The second-order valence-electron chi connectivity index (χ2n) is 11.4. The van der Waals surface area contributed by atoms with E-state index in [1.165, 1.54) is 16.7 Å². The van der Waals surface area contributed by atoms with E-state index >= 15 is 0 Å². The van der Waals surface area contributed by atoms with Crippen LogP contribution in [0.25, 0.3) is 0 Å². The van der Waals surface area contributed by atoms with E-state index in [1.54, 1.807) is 49.8 Å². The van der Waals surface area contributed by atoms with Gasteiger partial charge in [0.1, 0.15) is 0 Å². The number of likely N-dealkylation sites (N-methyl/N-ethyl adjacent to an activating group) is 1. The van der Waals surface area contributed by atoms with Gasteiger partial charge in [-0.1, -0.05) is 12.1 Å². The van der Waals surface area contributed by atoms with Crippen LogP contribution in [-0.2, 0) is 38.8 Å². The summed E-state index contributed by atoms with van der Waals surface area (Å²) >= 11 is 0. The average Bonchev–Trinajstić information content (AvgIpc) is 3.95. The molecule has 6 aromatic rings. The lowest BCUT2D eigenvalue weighted by atomic mass is 10.2. The van der Waals surface area contributed by atoms with Crippen LogP contribution in [0.1, 0.15) is 28.8 Å². The molecule has 0 aliphatic carbocycles. The van der Waals surface area contributed by atoms with Crippen molar-refractivity contribution < 1.29 is 0 Å². The van der Waals surface area contributed by atoms with E-state index < -0.39 is 0 Å². The number of rotatable bonds is 14. The summed E-state index contributed by atoms with van der Waals surface area (Å²) in [6.07, 6.45) is 28.4. The minimum absolute atomic E-state index is 0.677. The summed E-state index contributed by atoms with van der Waals surface area (Å²) in [7, 11) is 1.96. The minimum Gasteiger partial charge on any atom is -0.337 e. The fourth-order valence-corrected chi connectivity index (χ4v) is 4.20. The van der Waals surface area contributed by atoms with Crippen molar-refractivity contribution in [3.63, 3.8) is 0 Å². The number of pyridine rings is 4. The number of nitrogens with two attached hydrogens (primary N) is 5. The minimum atomic E-state index is 0.677. The van der Waals surface area contributed by atoms with E-state index in [9.17, 15) is 0 Å². The van der Waals surface area contributed by atoms with Crippen molar-refractivity contribution in [3.8, 4) is 0 Å². The highest BCUT2D eigenvalue weighted by Crippen LogP contribution is 1.96. The lowest BCUT2D eigenvalue weighted by Crippen LogP contribution is -2.10. The van der Waals surface area contributed by atoms with Crippen molar-refractivity contribution in [3.05, 3.63) is 158 Å². The highest BCUT2D eigenvalue weighted by molar-refractivity contribution is 5.10. The Hall–Kier alpha value is -5.22. The third kappa shape index (κ3) is 26.5. The van der Waals surface area contributed by atoms with Crippen molar-refractivity contribution in [1.29, 1.82) is 0 Å². The van der Waals surface area contributed by atoms with E-state index in [0.29, 0.717) is 26.2 Å². The number of nitrogens with one attached hydrogen (secondary N) is 1. The summed E-state index contributed by atoms with van der Waals surface area (Å²) in [6.45, 7) is 6.39. The Bertz CT molecular complexity index is 1460. The van der Waals surface area contributed by atoms with Gasteiger partial charge in [0.15, 0.2) is 0 Å². The molecule has 0 aromatic carbocycles. The first-order chi connectivity index (χ1) is 26.6. The Morgan fingerprint density at radius 2 is 1.09 bits per heavy atom. The molecule has 0 bridgehead atoms. The van der Waals surface area contributed by atoms with E-state index in [-0.39, 0.29) is 0 Å². The molecule has 6 heterocycles. The van der Waals surface area contributed by atoms with Crippen LogP contribution in [0.3, 0.4) is 0 Å². The van der Waals surface area contributed by atoms with E-state index in [4.69, 9.17) is 28.7 Å². The van der Waals surface area contributed by atoms with Gasteiger partial charge in [-0.15, -0.1) is 0 Å². The Kier molecular flexibility index (Phi) is 30.2. The highest BCUT2D eigenvalue weighted by Gasteiger charge is 1.89. The van der Waals surface area contributed by atoms with Gasteiger partial charge in [0, 0.05) is 99.9 Å². The first-order valence-corrected chi connectivity index (χ1v) is 18.2. The number of aromatic nitrogens is 8. The lowest BCUT2D eigenvalue weighted by molar-refractivity contribution is 0.650. The molecule has 0 saturated carbocycles. The van der Waals surface area contributed by atoms with E-state index in [1.807, 2.05) is 102 Å². The molecule has 0 radical (unpaired) electrons. The zero-order valence-electron chi connectivity index (χ0n) is 31.9. The van der Waals surface area contributed by atoms with Crippen LogP contribution < -0.4 is 34.0 Å². The van der Waals surface area contributed by atoms with Crippen LogP contribution in [0.5, 0.6) is 0 Å². The summed E-state index contributed by atoms with van der Waals surface area (Å²) in [5.41, 5.74) is 31.4. The van der Waals surface area contributed by atoms with Crippen LogP contribution in [0.4, 0.5) is 0 Å². The molecular formula is C40H62N14. The smallest absolute Gasteiger partial charge is 0.0946 e. The predicted octanol–water partition coefficient (Wildman–Crippen LogP) is 2.67. The molecule has 0 unspecified atom stereocenters. The van der Waals surface area contributed by atoms with Gasteiger partial charge < -0.3 is 43.1 Å². The van der Waals surface area contributed by atoms with Crippen LogP contribution in [0.2, 0.25) is 0 Å². The second kappa shape index (κ2) is 34.8. The Balaban J connectivity index is 0.000000324. The van der Waals surface area contributed by atoms with Gasteiger partial charge >= 0.3 is 0 Å². The normalized spacial score (nSPS) is 9.59. The van der Waals surface area contributed by atoms with Gasteiger partial charge in [-0.3, -0.25) is 19.9 Å². The second-order valence-corrected chi connectivity index (χ2v) is 11.4. The van der Waals surface area contributed by atoms with Crippen molar-refractivity contribution in [2.75, 3.05) is 46.3 Å². The van der Waals surface area contributed by atoms with E-state index in [2.05, 4.69) is 35.2 Å². The van der Waals surface area contributed by atoms with Gasteiger partial charge in [-0.05, 0) is 125 Å². The lowest BCUT2D eigenvalue weighted by Gasteiger charge is -1.97. The first-order valence-electron chi connectivity index (χ1n) is 18.2. The monoisotopic (exact) mass is 739 g/mol. The Labute approximate surface area is 321 Å². The maximum absolute atomic E-state index is 5.34. The number of nitrogens with zero attached hydrogens (tertiary/aromatic N) is 8. The molecule has 0 atom stereocenters. The Morgan fingerprint density at radius 1 is 0.500 bits per heavy atom.